The largest absolute Gasteiger partial charge is 0.497 e. The molecule has 34 heavy (non-hydrogen) atoms. The van der Waals surface area contributed by atoms with Crippen molar-refractivity contribution in [3.05, 3.63) is 54.4 Å². The number of benzene rings is 2. The van der Waals surface area contributed by atoms with Crippen molar-refractivity contribution in [2.24, 2.45) is 11.7 Å². The summed E-state index contributed by atoms with van der Waals surface area (Å²) in [4.78, 5) is 30.6. The SMILES string of the molecule is COc1ccc(-c2noc(CCCC(=O)Nc3ccccc3N3CCC(C(N)=O)CC3)n2)cc1. The van der Waals surface area contributed by atoms with Crippen molar-refractivity contribution in [1.29, 1.82) is 0 Å². The first-order valence-electron chi connectivity index (χ1n) is 11.4. The van der Waals surface area contributed by atoms with E-state index in [0.717, 1.165) is 48.6 Å². The van der Waals surface area contributed by atoms with Crippen LogP contribution in [-0.2, 0) is 16.0 Å². The van der Waals surface area contributed by atoms with E-state index in [-0.39, 0.29) is 17.7 Å². The van der Waals surface area contributed by atoms with Gasteiger partial charge in [0.15, 0.2) is 0 Å². The number of nitrogens with one attached hydrogen (secondary N) is 1. The number of rotatable bonds is 9. The average Bonchev–Trinajstić information content (AvgIpc) is 3.33. The molecule has 2 aromatic carbocycles. The van der Waals surface area contributed by atoms with Gasteiger partial charge in [0.25, 0.3) is 0 Å². The Kier molecular flexibility index (Phi) is 7.41. The summed E-state index contributed by atoms with van der Waals surface area (Å²) in [5.74, 6) is 1.38. The molecular formula is C25H29N5O4. The first-order valence-corrected chi connectivity index (χ1v) is 11.4. The van der Waals surface area contributed by atoms with Gasteiger partial charge in [-0.25, -0.2) is 0 Å². The molecule has 1 aliphatic heterocycles. The third-order valence-corrected chi connectivity index (χ3v) is 6.03. The van der Waals surface area contributed by atoms with E-state index in [0.29, 0.717) is 31.0 Å². The average molecular weight is 464 g/mol. The molecule has 1 fully saturated rings. The highest BCUT2D eigenvalue weighted by atomic mass is 16.5. The van der Waals surface area contributed by atoms with Crippen molar-refractivity contribution >= 4 is 23.2 Å². The second-order valence-electron chi connectivity index (χ2n) is 8.32. The number of aryl methyl sites for hydroxylation is 1. The maximum atomic E-state index is 12.6. The number of piperidine rings is 1. The fourth-order valence-corrected chi connectivity index (χ4v) is 4.09. The Bertz CT molecular complexity index is 1120. The van der Waals surface area contributed by atoms with Crippen molar-refractivity contribution in [3.63, 3.8) is 0 Å². The lowest BCUT2D eigenvalue weighted by Crippen LogP contribution is -2.38. The fourth-order valence-electron chi connectivity index (χ4n) is 4.09. The monoisotopic (exact) mass is 463 g/mol. The molecule has 3 N–H and O–H groups in total. The first-order chi connectivity index (χ1) is 16.5. The van der Waals surface area contributed by atoms with Crippen LogP contribution >= 0.6 is 0 Å². The zero-order chi connectivity index (χ0) is 23.9. The van der Waals surface area contributed by atoms with Crippen LogP contribution < -0.4 is 20.7 Å². The Hall–Kier alpha value is -3.88. The highest BCUT2D eigenvalue weighted by Gasteiger charge is 2.24. The molecule has 3 aromatic rings. The first kappa shape index (κ1) is 23.3. The number of ether oxygens (including phenoxy) is 1. The summed E-state index contributed by atoms with van der Waals surface area (Å²) in [5, 5.41) is 7.04. The van der Waals surface area contributed by atoms with Crippen LogP contribution in [0, 0.1) is 5.92 Å². The number of aromatic nitrogens is 2. The maximum Gasteiger partial charge on any atom is 0.226 e. The summed E-state index contributed by atoms with van der Waals surface area (Å²) in [5.41, 5.74) is 8.01. The Morgan fingerprint density at radius 2 is 1.88 bits per heavy atom. The highest BCUT2D eigenvalue weighted by molar-refractivity contribution is 5.94. The van der Waals surface area contributed by atoms with Crippen molar-refractivity contribution in [1.82, 2.24) is 10.1 Å². The number of hydrogen-bond acceptors (Lipinski definition) is 7. The lowest BCUT2D eigenvalue weighted by molar-refractivity contribution is -0.122. The van der Waals surface area contributed by atoms with E-state index >= 15 is 0 Å². The van der Waals surface area contributed by atoms with E-state index in [9.17, 15) is 9.59 Å². The third-order valence-electron chi connectivity index (χ3n) is 6.03. The van der Waals surface area contributed by atoms with Crippen molar-refractivity contribution in [2.45, 2.75) is 32.1 Å². The number of para-hydroxylation sites is 2. The number of amides is 2. The molecule has 2 heterocycles. The molecule has 1 saturated heterocycles. The maximum absolute atomic E-state index is 12.6. The second-order valence-corrected chi connectivity index (χ2v) is 8.32. The predicted octanol–water partition coefficient (Wildman–Crippen LogP) is 3.41. The smallest absolute Gasteiger partial charge is 0.226 e. The van der Waals surface area contributed by atoms with Gasteiger partial charge in [0.1, 0.15) is 5.75 Å². The number of primary amides is 1. The molecule has 9 heteroatoms. The van der Waals surface area contributed by atoms with Crippen molar-refractivity contribution in [3.8, 4) is 17.1 Å². The van der Waals surface area contributed by atoms with Crippen molar-refractivity contribution < 1.29 is 18.8 Å². The molecule has 178 valence electrons. The predicted molar refractivity (Wildman–Crippen MR) is 128 cm³/mol. The number of hydrogen-bond donors (Lipinski definition) is 2. The molecule has 0 radical (unpaired) electrons. The fraction of sp³-hybridized carbons (Fsp3) is 0.360. The van der Waals surface area contributed by atoms with Gasteiger partial charge in [-0.2, -0.15) is 4.98 Å². The molecule has 1 aromatic heterocycles. The summed E-state index contributed by atoms with van der Waals surface area (Å²) >= 11 is 0. The molecule has 0 spiro atoms. The molecule has 0 saturated carbocycles. The minimum Gasteiger partial charge on any atom is -0.497 e. The Morgan fingerprint density at radius 3 is 2.59 bits per heavy atom. The lowest BCUT2D eigenvalue weighted by Gasteiger charge is -2.33. The quantitative estimate of drug-likeness (QED) is 0.498. The zero-order valence-electron chi connectivity index (χ0n) is 19.2. The van der Waals surface area contributed by atoms with Crippen LogP contribution in [-0.4, -0.2) is 42.2 Å². The van der Waals surface area contributed by atoms with Crippen LogP contribution in [0.1, 0.15) is 31.6 Å². The van der Waals surface area contributed by atoms with Gasteiger partial charge in [0.05, 0.1) is 18.5 Å². The molecule has 0 aliphatic carbocycles. The summed E-state index contributed by atoms with van der Waals surface area (Å²) in [6.07, 6.45) is 2.88. The second kappa shape index (κ2) is 10.8. The molecule has 0 atom stereocenters. The molecule has 1 aliphatic rings. The van der Waals surface area contributed by atoms with Gasteiger partial charge in [-0.3, -0.25) is 9.59 Å². The van der Waals surface area contributed by atoms with Crippen molar-refractivity contribution in [2.75, 3.05) is 30.4 Å². The molecule has 4 rings (SSSR count). The van der Waals surface area contributed by atoms with E-state index in [4.69, 9.17) is 15.0 Å². The molecule has 9 nitrogen and oxygen atoms in total. The van der Waals surface area contributed by atoms with Gasteiger partial charge in [0, 0.05) is 37.4 Å². The Morgan fingerprint density at radius 1 is 1.15 bits per heavy atom. The Balaban J connectivity index is 1.28. The number of nitrogens with two attached hydrogens (primary N) is 1. The van der Waals surface area contributed by atoms with Gasteiger partial charge in [-0.1, -0.05) is 17.3 Å². The number of anilines is 2. The van der Waals surface area contributed by atoms with Crippen LogP contribution in [0.3, 0.4) is 0 Å². The molecular weight excluding hydrogens is 434 g/mol. The van der Waals surface area contributed by atoms with E-state index < -0.39 is 0 Å². The standard InChI is InChI=1S/C25H29N5O4/c1-33-19-11-9-18(10-12-19)25-28-23(34-29-25)8-4-7-22(31)27-20-5-2-3-6-21(20)30-15-13-17(14-16-30)24(26)32/h2-3,5-6,9-12,17H,4,7-8,13-16H2,1H3,(H2,26,32)(H,27,31). The summed E-state index contributed by atoms with van der Waals surface area (Å²) in [7, 11) is 1.62. The normalized spacial score (nSPS) is 14.1. The van der Waals surface area contributed by atoms with Gasteiger partial charge < -0.3 is 25.2 Å². The highest BCUT2D eigenvalue weighted by Crippen LogP contribution is 2.30. The topological polar surface area (TPSA) is 124 Å². The molecule has 0 unspecified atom stereocenters. The number of methoxy groups -OCH3 is 1. The van der Waals surface area contributed by atoms with Crippen LogP contribution in [0.25, 0.3) is 11.4 Å². The number of carbonyl (C=O) groups excluding carboxylic acids is 2. The summed E-state index contributed by atoms with van der Waals surface area (Å²) in [6.45, 7) is 1.46. The summed E-state index contributed by atoms with van der Waals surface area (Å²) in [6, 6.07) is 15.1. The van der Waals surface area contributed by atoms with Gasteiger partial charge in [-0.15, -0.1) is 0 Å². The van der Waals surface area contributed by atoms with Crippen LogP contribution in [0.2, 0.25) is 0 Å². The Labute approximate surface area is 198 Å². The lowest BCUT2D eigenvalue weighted by atomic mass is 9.96. The minimum atomic E-state index is -0.237. The summed E-state index contributed by atoms with van der Waals surface area (Å²) < 4.78 is 10.5. The van der Waals surface area contributed by atoms with Gasteiger partial charge in [-0.05, 0) is 55.7 Å². The number of nitrogens with zero attached hydrogens (tertiary/aromatic N) is 3. The number of carbonyl (C=O) groups is 2. The van der Waals surface area contributed by atoms with E-state index in [1.165, 1.54) is 0 Å². The van der Waals surface area contributed by atoms with Gasteiger partial charge >= 0.3 is 0 Å². The van der Waals surface area contributed by atoms with E-state index in [1.54, 1.807) is 7.11 Å². The van der Waals surface area contributed by atoms with Crippen LogP contribution in [0.4, 0.5) is 11.4 Å². The van der Waals surface area contributed by atoms with Gasteiger partial charge in [0.2, 0.25) is 23.5 Å². The van der Waals surface area contributed by atoms with E-state index in [2.05, 4.69) is 20.4 Å². The molecule has 2 amide bonds. The minimum absolute atomic E-state index is 0.0747. The molecule has 0 bridgehead atoms. The van der Waals surface area contributed by atoms with Crippen LogP contribution in [0.5, 0.6) is 5.75 Å². The zero-order valence-corrected chi connectivity index (χ0v) is 19.2. The van der Waals surface area contributed by atoms with E-state index in [1.807, 2.05) is 48.5 Å². The van der Waals surface area contributed by atoms with Crippen LogP contribution in [0.15, 0.2) is 53.1 Å². The third kappa shape index (κ3) is 5.72.